The zero-order chi connectivity index (χ0) is 26.5. The summed E-state index contributed by atoms with van der Waals surface area (Å²) in [5.41, 5.74) is 0.320. The predicted molar refractivity (Wildman–Crippen MR) is 123 cm³/mol. The van der Waals surface area contributed by atoms with Crippen LogP contribution in [0.5, 0.6) is 5.75 Å². The predicted octanol–water partition coefficient (Wildman–Crippen LogP) is 2.50. The van der Waals surface area contributed by atoms with Gasteiger partial charge in [0.05, 0.1) is 13.2 Å². The van der Waals surface area contributed by atoms with Crippen molar-refractivity contribution >= 4 is 17.7 Å². The SMILES string of the molecule is COc1ccc(C(=O)N[C@H](C(=O)N2CCCC2C(=O)NC(C(C)C)[C@H](O)C(F)(F)F)C(C)C)cc1. The van der Waals surface area contributed by atoms with Gasteiger partial charge in [-0.3, -0.25) is 14.4 Å². The van der Waals surface area contributed by atoms with E-state index >= 15 is 0 Å². The third-order valence-corrected chi connectivity index (χ3v) is 6.11. The summed E-state index contributed by atoms with van der Waals surface area (Å²) in [6.07, 6.45) is -6.89. The van der Waals surface area contributed by atoms with Gasteiger partial charge in [-0.2, -0.15) is 13.2 Å². The van der Waals surface area contributed by atoms with Crippen LogP contribution >= 0.6 is 0 Å². The molecule has 2 rings (SSSR count). The summed E-state index contributed by atoms with van der Waals surface area (Å²) in [6, 6.07) is 2.84. The topological polar surface area (TPSA) is 108 Å². The summed E-state index contributed by atoms with van der Waals surface area (Å²) in [7, 11) is 1.50. The normalized spacial score (nSPS) is 18.8. The first kappa shape index (κ1) is 28.4. The number of ether oxygens (including phenoxy) is 1. The molecule has 35 heavy (non-hydrogen) atoms. The number of halogens is 3. The standard InChI is InChI=1S/C24H34F3N3O5/c1-13(2)18(20(31)24(25,26)27)28-22(33)17-7-6-12-30(17)23(34)19(14(3)4)29-21(32)15-8-10-16(35-5)11-9-15/h8-11,13-14,17-20,31H,6-7,12H2,1-5H3,(H,28,33)(H,29,32)/t17?,18?,19-,20-/m0/s1. The fraction of sp³-hybridized carbons (Fsp3) is 0.625. The monoisotopic (exact) mass is 501 g/mol. The molecule has 1 aromatic rings. The number of hydrogen-bond donors (Lipinski definition) is 3. The summed E-state index contributed by atoms with van der Waals surface area (Å²) >= 11 is 0. The molecule has 4 atom stereocenters. The number of rotatable bonds is 9. The van der Waals surface area contributed by atoms with Gasteiger partial charge in [0.1, 0.15) is 17.8 Å². The first-order chi connectivity index (χ1) is 16.3. The lowest BCUT2D eigenvalue weighted by atomic mass is 9.97. The van der Waals surface area contributed by atoms with Crippen LogP contribution in [0.2, 0.25) is 0 Å². The minimum absolute atomic E-state index is 0.229. The van der Waals surface area contributed by atoms with Crippen molar-refractivity contribution in [1.82, 2.24) is 15.5 Å². The first-order valence-corrected chi connectivity index (χ1v) is 11.6. The number of nitrogens with one attached hydrogen (secondary N) is 2. The Labute approximate surface area is 203 Å². The number of nitrogens with zero attached hydrogens (tertiary/aromatic N) is 1. The average molecular weight is 502 g/mol. The van der Waals surface area contributed by atoms with E-state index in [-0.39, 0.29) is 18.9 Å². The number of aliphatic hydroxyl groups excluding tert-OH is 1. The van der Waals surface area contributed by atoms with Crippen molar-refractivity contribution in [3.8, 4) is 5.75 Å². The van der Waals surface area contributed by atoms with Gasteiger partial charge in [0.15, 0.2) is 6.10 Å². The van der Waals surface area contributed by atoms with Crippen molar-refractivity contribution in [1.29, 1.82) is 0 Å². The Kier molecular flexibility index (Phi) is 9.53. The number of aliphatic hydroxyl groups is 1. The number of methoxy groups -OCH3 is 1. The quantitative estimate of drug-likeness (QED) is 0.482. The molecule has 1 saturated heterocycles. The highest BCUT2D eigenvalue weighted by Gasteiger charge is 2.46. The van der Waals surface area contributed by atoms with Gasteiger partial charge in [-0.1, -0.05) is 27.7 Å². The molecular weight excluding hydrogens is 467 g/mol. The number of alkyl halides is 3. The van der Waals surface area contributed by atoms with Crippen molar-refractivity contribution in [3.05, 3.63) is 29.8 Å². The van der Waals surface area contributed by atoms with Crippen molar-refractivity contribution in [2.45, 2.75) is 70.9 Å². The van der Waals surface area contributed by atoms with E-state index in [1.54, 1.807) is 38.1 Å². The Morgan fingerprint density at radius 2 is 1.66 bits per heavy atom. The van der Waals surface area contributed by atoms with E-state index in [0.29, 0.717) is 17.7 Å². The average Bonchev–Trinajstić information content (AvgIpc) is 3.29. The summed E-state index contributed by atoms with van der Waals surface area (Å²) in [4.78, 5) is 40.3. The molecule has 8 nitrogen and oxygen atoms in total. The summed E-state index contributed by atoms with van der Waals surface area (Å²) in [6.45, 7) is 6.64. The molecule has 0 saturated carbocycles. The Balaban J connectivity index is 2.16. The van der Waals surface area contributed by atoms with Crippen LogP contribution in [0.3, 0.4) is 0 Å². The van der Waals surface area contributed by atoms with Crippen molar-refractivity contribution in [2.24, 2.45) is 11.8 Å². The second kappa shape index (κ2) is 11.7. The highest BCUT2D eigenvalue weighted by Crippen LogP contribution is 2.27. The van der Waals surface area contributed by atoms with Crippen LogP contribution in [0.1, 0.15) is 50.9 Å². The zero-order valence-corrected chi connectivity index (χ0v) is 20.6. The number of hydrogen-bond acceptors (Lipinski definition) is 5. The molecule has 3 N–H and O–H groups in total. The zero-order valence-electron chi connectivity index (χ0n) is 20.6. The highest BCUT2D eigenvalue weighted by atomic mass is 19.4. The van der Waals surface area contributed by atoms with E-state index in [4.69, 9.17) is 4.74 Å². The van der Waals surface area contributed by atoms with Gasteiger partial charge in [0.25, 0.3) is 5.91 Å². The molecule has 0 aromatic heterocycles. The summed E-state index contributed by atoms with van der Waals surface area (Å²) in [5.74, 6) is -2.18. The van der Waals surface area contributed by atoms with E-state index < -0.39 is 54.0 Å². The Bertz CT molecular complexity index is 889. The lowest BCUT2D eigenvalue weighted by Crippen LogP contribution is -2.59. The summed E-state index contributed by atoms with van der Waals surface area (Å²) < 4.78 is 44.3. The molecule has 2 unspecified atom stereocenters. The van der Waals surface area contributed by atoms with Gasteiger partial charge in [-0.05, 0) is 48.9 Å². The molecule has 0 radical (unpaired) electrons. The molecule has 0 bridgehead atoms. The van der Waals surface area contributed by atoms with Crippen LogP contribution in [0.25, 0.3) is 0 Å². The van der Waals surface area contributed by atoms with Gasteiger partial charge in [0.2, 0.25) is 11.8 Å². The minimum Gasteiger partial charge on any atom is -0.497 e. The van der Waals surface area contributed by atoms with Gasteiger partial charge < -0.3 is 25.4 Å². The van der Waals surface area contributed by atoms with E-state index in [1.807, 2.05) is 0 Å². The Morgan fingerprint density at radius 3 is 2.14 bits per heavy atom. The first-order valence-electron chi connectivity index (χ1n) is 11.6. The van der Waals surface area contributed by atoms with Crippen LogP contribution < -0.4 is 15.4 Å². The molecule has 11 heteroatoms. The maximum absolute atomic E-state index is 13.4. The molecule has 1 aliphatic heterocycles. The fourth-order valence-electron chi connectivity index (χ4n) is 4.04. The van der Waals surface area contributed by atoms with Gasteiger partial charge >= 0.3 is 6.18 Å². The van der Waals surface area contributed by atoms with Crippen LogP contribution in [0.4, 0.5) is 13.2 Å². The molecule has 1 fully saturated rings. The van der Waals surface area contributed by atoms with Gasteiger partial charge in [-0.15, -0.1) is 0 Å². The fourth-order valence-corrected chi connectivity index (χ4v) is 4.04. The van der Waals surface area contributed by atoms with Crippen LogP contribution in [-0.4, -0.2) is 71.8 Å². The molecule has 0 spiro atoms. The van der Waals surface area contributed by atoms with Crippen LogP contribution in [0, 0.1) is 11.8 Å². The molecule has 1 aromatic carbocycles. The molecule has 0 aliphatic carbocycles. The molecule has 1 heterocycles. The van der Waals surface area contributed by atoms with E-state index in [9.17, 15) is 32.7 Å². The highest BCUT2D eigenvalue weighted by molar-refractivity contribution is 5.98. The smallest absolute Gasteiger partial charge is 0.416 e. The Hall–Kier alpha value is -2.82. The van der Waals surface area contributed by atoms with E-state index in [0.717, 1.165) is 0 Å². The Morgan fingerprint density at radius 1 is 1.06 bits per heavy atom. The van der Waals surface area contributed by atoms with E-state index in [2.05, 4.69) is 10.6 Å². The maximum atomic E-state index is 13.4. The van der Waals surface area contributed by atoms with Crippen molar-refractivity contribution in [3.63, 3.8) is 0 Å². The third kappa shape index (κ3) is 7.09. The van der Waals surface area contributed by atoms with Crippen LogP contribution in [0.15, 0.2) is 24.3 Å². The van der Waals surface area contributed by atoms with Crippen LogP contribution in [-0.2, 0) is 9.59 Å². The van der Waals surface area contributed by atoms with Gasteiger partial charge in [-0.25, -0.2) is 0 Å². The second-order valence-electron chi connectivity index (χ2n) is 9.38. The summed E-state index contributed by atoms with van der Waals surface area (Å²) in [5, 5.41) is 14.7. The molecule has 3 amide bonds. The number of carbonyl (C=O) groups is 3. The van der Waals surface area contributed by atoms with E-state index in [1.165, 1.54) is 25.9 Å². The van der Waals surface area contributed by atoms with Gasteiger partial charge in [0, 0.05) is 12.1 Å². The maximum Gasteiger partial charge on any atom is 0.416 e. The molecular formula is C24H34F3N3O5. The minimum atomic E-state index is -4.90. The van der Waals surface area contributed by atoms with Crippen molar-refractivity contribution < 1.29 is 37.4 Å². The third-order valence-electron chi connectivity index (χ3n) is 6.11. The number of carbonyl (C=O) groups excluding carboxylic acids is 3. The molecule has 1 aliphatic rings. The largest absolute Gasteiger partial charge is 0.497 e. The number of benzene rings is 1. The number of likely N-dealkylation sites (tertiary alicyclic amines) is 1. The lowest BCUT2D eigenvalue weighted by Gasteiger charge is -2.33. The number of amides is 3. The second-order valence-corrected chi connectivity index (χ2v) is 9.38. The molecule has 196 valence electrons. The lowest BCUT2D eigenvalue weighted by molar-refractivity contribution is -0.215. The van der Waals surface area contributed by atoms with Crippen molar-refractivity contribution in [2.75, 3.05) is 13.7 Å².